The van der Waals surface area contributed by atoms with E-state index < -0.39 is 0 Å². The standard InChI is InChI=1S/C6H13N5/c1-11(8)6(7)2-5-3-9-4-10-5/h3-4,6H,2,7-8H2,1H3,(H,9,10). The van der Waals surface area contributed by atoms with Crippen LogP contribution in [-0.2, 0) is 6.42 Å². The van der Waals surface area contributed by atoms with Crippen molar-refractivity contribution in [3.8, 4) is 0 Å². The summed E-state index contributed by atoms with van der Waals surface area (Å²) in [6.45, 7) is 0. The second-order valence-corrected chi connectivity index (χ2v) is 2.50. The van der Waals surface area contributed by atoms with Crippen molar-refractivity contribution in [2.24, 2.45) is 11.6 Å². The Morgan fingerprint density at radius 1 is 1.82 bits per heavy atom. The van der Waals surface area contributed by atoms with Crippen LogP contribution in [-0.4, -0.2) is 28.2 Å². The summed E-state index contributed by atoms with van der Waals surface area (Å²) in [5.41, 5.74) is 6.58. The van der Waals surface area contributed by atoms with Crippen LogP contribution in [0.25, 0.3) is 0 Å². The molecule has 0 aliphatic carbocycles. The minimum Gasteiger partial charge on any atom is -0.351 e. The van der Waals surface area contributed by atoms with Gasteiger partial charge < -0.3 is 10.7 Å². The quantitative estimate of drug-likeness (QED) is 0.298. The molecule has 0 spiro atoms. The Morgan fingerprint density at radius 3 is 3.00 bits per heavy atom. The largest absolute Gasteiger partial charge is 0.351 e. The third kappa shape index (κ3) is 2.30. The van der Waals surface area contributed by atoms with Crippen molar-refractivity contribution in [1.29, 1.82) is 0 Å². The van der Waals surface area contributed by atoms with E-state index in [1.807, 2.05) is 6.20 Å². The molecule has 0 amide bonds. The van der Waals surface area contributed by atoms with Gasteiger partial charge in [-0.1, -0.05) is 0 Å². The molecule has 0 aliphatic rings. The van der Waals surface area contributed by atoms with Gasteiger partial charge in [-0.25, -0.2) is 9.99 Å². The van der Waals surface area contributed by atoms with Crippen LogP contribution in [0.1, 0.15) is 5.69 Å². The van der Waals surface area contributed by atoms with Gasteiger partial charge in [0.25, 0.3) is 0 Å². The fraction of sp³-hybridized carbons (Fsp3) is 0.500. The zero-order valence-corrected chi connectivity index (χ0v) is 6.49. The molecule has 11 heavy (non-hydrogen) atoms. The van der Waals surface area contributed by atoms with E-state index in [9.17, 15) is 0 Å². The van der Waals surface area contributed by atoms with E-state index in [1.54, 1.807) is 13.4 Å². The topological polar surface area (TPSA) is 84.0 Å². The first-order valence-electron chi connectivity index (χ1n) is 3.41. The maximum Gasteiger partial charge on any atom is 0.0923 e. The van der Waals surface area contributed by atoms with Crippen molar-refractivity contribution in [1.82, 2.24) is 15.0 Å². The molecule has 5 heteroatoms. The molecule has 0 aliphatic heterocycles. The lowest BCUT2D eigenvalue weighted by Crippen LogP contribution is -2.45. The van der Waals surface area contributed by atoms with Gasteiger partial charge in [0.15, 0.2) is 0 Å². The van der Waals surface area contributed by atoms with Crippen molar-refractivity contribution in [3.63, 3.8) is 0 Å². The van der Waals surface area contributed by atoms with Crippen LogP contribution in [0.3, 0.4) is 0 Å². The summed E-state index contributed by atoms with van der Waals surface area (Å²) in [7, 11) is 1.73. The molecule has 0 radical (unpaired) electrons. The summed E-state index contributed by atoms with van der Waals surface area (Å²) in [6.07, 6.45) is 3.93. The highest BCUT2D eigenvalue weighted by Gasteiger charge is 2.06. The number of hydrogen-bond donors (Lipinski definition) is 3. The molecule has 5 N–H and O–H groups in total. The minimum absolute atomic E-state index is 0.168. The molecule has 1 aromatic rings. The summed E-state index contributed by atoms with van der Waals surface area (Å²) >= 11 is 0. The van der Waals surface area contributed by atoms with Crippen LogP contribution in [0, 0.1) is 0 Å². The number of hydrazine groups is 1. The summed E-state index contributed by atoms with van der Waals surface area (Å²) in [5.74, 6) is 5.42. The first-order valence-corrected chi connectivity index (χ1v) is 3.41. The third-order valence-corrected chi connectivity index (χ3v) is 1.50. The molecule has 62 valence electrons. The van der Waals surface area contributed by atoms with Crippen LogP contribution in [0.15, 0.2) is 12.5 Å². The maximum absolute atomic E-state index is 5.65. The lowest BCUT2D eigenvalue weighted by Gasteiger charge is -2.17. The molecule has 0 saturated carbocycles. The summed E-state index contributed by atoms with van der Waals surface area (Å²) in [4.78, 5) is 6.87. The van der Waals surface area contributed by atoms with Gasteiger partial charge >= 0.3 is 0 Å². The van der Waals surface area contributed by atoms with E-state index in [4.69, 9.17) is 11.6 Å². The number of aromatic nitrogens is 2. The maximum atomic E-state index is 5.65. The third-order valence-electron chi connectivity index (χ3n) is 1.50. The van der Waals surface area contributed by atoms with Crippen molar-refractivity contribution >= 4 is 0 Å². The molecule has 1 unspecified atom stereocenters. The first kappa shape index (κ1) is 8.19. The molecule has 0 saturated heterocycles. The van der Waals surface area contributed by atoms with E-state index >= 15 is 0 Å². The Labute approximate surface area is 65.4 Å². The van der Waals surface area contributed by atoms with Crippen molar-refractivity contribution < 1.29 is 0 Å². The molecule has 1 heterocycles. The van der Waals surface area contributed by atoms with E-state index in [1.165, 1.54) is 5.01 Å². The fourth-order valence-electron chi connectivity index (χ4n) is 0.761. The van der Waals surface area contributed by atoms with Gasteiger partial charge in [-0.15, -0.1) is 0 Å². The minimum atomic E-state index is -0.168. The lowest BCUT2D eigenvalue weighted by atomic mass is 10.3. The summed E-state index contributed by atoms with van der Waals surface area (Å²) in [6, 6.07) is 0. The summed E-state index contributed by atoms with van der Waals surface area (Å²) in [5, 5.41) is 1.47. The number of nitrogens with one attached hydrogen (secondary N) is 1. The van der Waals surface area contributed by atoms with Gasteiger partial charge in [0, 0.05) is 19.7 Å². The number of H-pyrrole nitrogens is 1. The number of likely N-dealkylation sites (N-methyl/N-ethyl adjacent to an activating group) is 1. The number of rotatable bonds is 3. The number of hydrogen-bond acceptors (Lipinski definition) is 4. The van der Waals surface area contributed by atoms with E-state index in [0.29, 0.717) is 6.42 Å². The van der Waals surface area contributed by atoms with Crippen molar-refractivity contribution in [2.45, 2.75) is 12.6 Å². The Kier molecular flexibility index (Phi) is 2.58. The molecule has 0 fully saturated rings. The van der Waals surface area contributed by atoms with Gasteiger partial charge in [0.1, 0.15) is 0 Å². The van der Waals surface area contributed by atoms with Crippen molar-refractivity contribution in [2.75, 3.05) is 7.05 Å². The van der Waals surface area contributed by atoms with E-state index in [0.717, 1.165) is 5.69 Å². The monoisotopic (exact) mass is 155 g/mol. The van der Waals surface area contributed by atoms with Crippen LogP contribution in [0.4, 0.5) is 0 Å². The number of nitrogens with two attached hydrogens (primary N) is 2. The van der Waals surface area contributed by atoms with Crippen LogP contribution in [0.2, 0.25) is 0 Å². The molecule has 1 rings (SSSR count). The molecule has 1 aromatic heterocycles. The average molecular weight is 155 g/mol. The fourth-order valence-corrected chi connectivity index (χ4v) is 0.761. The summed E-state index contributed by atoms with van der Waals surface area (Å²) < 4.78 is 0. The SMILES string of the molecule is CN(N)C(N)Cc1c[nH]cn1. The molecule has 0 bridgehead atoms. The van der Waals surface area contributed by atoms with Crippen LogP contribution in [0.5, 0.6) is 0 Å². The highest BCUT2D eigenvalue weighted by molar-refractivity contribution is 4.96. The van der Waals surface area contributed by atoms with Crippen LogP contribution < -0.4 is 11.6 Å². The number of imidazole rings is 1. The Morgan fingerprint density at radius 2 is 2.55 bits per heavy atom. The van der Waals surface area contributed by atoms with Gasteiger partial charge in [-0.3, -0.25) is 5.84 Å². The van der Waals surface area contributed by atoms with E-state index in [-0.39, 0.29) is 6.17 Å². The predicted molar refractivity (Wildman–Crippen MR) is 42.2 cm³/mol. The Hall–Kier alpha value is -0.910. The molecular formula is C6H13N5. The van der Waals surface area contributed by atoms with Gasteiger partial charge in [0.2, 0.25) is 0 Å². The highest BCUT2D eigenvalue weighted by atomic mass is 15.4. The average Bonchev–Trinajstić information content (AvgIpc) is 2.39. The second kappa shape index (κ2) is 3.47. The van der Waals surface area contributed by atoms with Crippen LogP contribution >= 0.6 is 0 Å². The number of aromatic amines is 1. The van der Waals surface area contributed by atoms with E-state index in [2.05, 4.69) is 9.97 Å². The molecule has 5 nitrogen and oxygen atoms in total. The second-order valence-electron chi connectivity index (χ2n) is 2.50. The van der Waals surface area contributed by atoms with Gasteiger partial charge in [-0.05, 0) is 0 Å². The Balaban J connectivity index is 2.43. The Bertz CT molecular complexity index is 193. The highest BCUT2D eigenvalue weighted by Crippen LogP contribution is 1.95. The molecular weight excluding hydrogens is 142 g/mol. The zero-order chi connectivity index (χ0) is 8.27. The normalized spacial score (nSPS) is 13.8. The van der Waals surface area contributed by atoms with Gasteiger partial charge in [0.05, 0.1) is 18.2 Å². The van der Waals surface area contributed by atoms with Crippen molar-refractivity contribution in [3.05, 3.63) is 18.2 Å². The smallest absolute Gasteiger partial charge is 0.0923 e. The number of nitrogens with zero attached hydrogens (tertiary/aromatic N) is 2. The first-order chi connectivity index (χ1) is 5.20. The molecule has 0 aromatic carbocycles. The lowest BCUT2D eigenvalue weighted by molar-refractivity contribution is 0.252. The molecule has 1 atom stereocenters. The predicted octanol–water partition coefficient (Wildman–Crippen LogP) is -0.957. The zero-order valence-electron chi connectivity index (χ0n) is 6.49. The van der Waals surface area contributed by atoms with Gasteiger partial charge in [-0.2, -0.15) is 0 Å².